The number of hydrazine groups is 1. The third kappa shape index (κ3) is 2.76. The van der Waals surface area contributed by atoms with Crippen LogP contribution in [-0.4, -0.2) is 6.04 Å². The minimum atomic E-state index is 0.265. The van der Waals surface area contributed by atoms with Gasteiger partial charge in [0.05, 0.1) is 10.0 Å². The molecule has 2 unspecified atom stereocenters. The zero-order chi connectivity index (χ0) is 12.6. The predicted molar refractivity (Wildman–Crippen MR) is 73.2 cm³/mol. The van der Waals surface area contributed by atoms with Crippen LogP contribution < -0.4 is 11.3 Å². The lowest BCUT2D eigenvalue weighted by atomic mass is 9.98. The summed E-state index contributed by atoms with van der Waals surface area (Å²) in [6.07, 6.45) is 2.03. The number of benzene rings is 1. The molecule has 2 rings (SSSR count). The monoisotopic (exact) mass is 272 g/mol. The summed E-state index contributed by atoms with van der Waals surface area (Å²) in [4.78, 5) is 0. The first kappa shape index (κ1) is 13.2. The van der Waals surface area contributed by atoms with Crippen molar-refractivity contribution in [1.29, 1.82) is 0 Å². The van der Waals surface area contributed by atoms with Crippen molar-refractivity contribution >= 4 is 23.2 Å². The molecule has 17 heavy (non-hydrogen) atoms. The number of nitrogens with one attached hydrogen (secondary N) is 1. The molecule has 1 aliphatic rings. The summed E-state index contributed by atoms with van der Waals surface area (Å²) in [6.45, 7) is 4.53. The van der Waals surface area contributed by atoms with Crippen molar-refractivity contribution in [1.82, 2.24) is 5.43 Å². The Morgan fingerprint density at radius 2 is 2.12 bits per heavy atom. The minimum absolute atomic E-state index is 0.265. The van der Waals surface area contributed by atoms with Gasteiger partial charge in [0.25, 0.3) is 0 Å². The predicted octanol–water partition coefficient (Wildman–Crippen LogP) is 3.41. The fraction of sp³-hybridized carbons (Fsp3) is 0.538. The van der Waals surface area contributed by atoms with Crippen LogP contribution in [0.3, 0.4) is 0 Å². The van der Waals surface area contributed by atoms with Crippen LogP contribution in [0.2, 0.25) is 10.0 Å². The van der Waals surface area contributed by atoms with Gasteiger partial charge in [-0.25, -0.2) is 0 Å². The fourth-order valence-electron chi connectivity index (χ4n) is 2.46. The number of halogens is 2. The van der Waals surface area contributed by atoms with Crippen LogP contribution in [0.25, 0.3) is 0 Å². The van der Waals surface area contributed by atoms with Crippen molar-refractivity contribution < 1.29 is 0 Å². The Morgan fingerprint density at radius 3 is 2.65 bits per heavy atom. The Balaban J connectivity index is 2.11. The number of nitrogens with two attached hydrogens (primary N) is 1. The number of hydrogen-bond acceptors (Lipinski definition) is 2. The molecule has 3 N–H and O–H groups in total. The maximum Gasteiger partial charge on any atom is 0.0624 e. The second-order valence-electron chi connectivity index (χ2n) is 5.49. The molecule has 0 saturated heterocycles. The summed E-state index contributed by atoms with van der Waals surface area (Å²) in [5.41, 5.74) is 4.36. The molecular formula is C13H18Cl2N2. The van der Waals surface area contributed by atoms with E-state index in [1.807, 2.05) is 12.1 Å². The van der Waals surface area contributed by atoms with Crippen LogP contribution in [0.5, 0.6) is 0 Å². The maximum atomic E-state index is 6.19. The van der Waals surface area contributed by atoms with Gasteiger partial charge < -0.3 is 0 Å². The average molecular weight is 273 g/mol. The molecule has 1 aromatic rings. The molecule has 1 aromatic carbocycles. The molecule has 1 saturated carbocycles. The quantitative estimate of drug-likeness (QED) is 0.651. The minimum Gasteiger partial charge on any atom is -0.271 e. The van der Waals surface area contributed by atoms with Crippen LogP contribution in [-0.2, 0) is 6.42 Å². The van der Waals surface area contributed by atoms with Gasteiger partial charge in [-0.05, 0) is 35.8 Å². The Morgan fingerprint density at radius 1 is 1.47 bits per heavy atom. The van der Waals surface area contributed by atoms with E-state index >= 15 is 0 Å². The Kier molecular flexibility index (Phi) is 3.69. The first-order valence-electron chi connectivity index (χ1n) is 5.84. The van der Waals surface area contributed by atoms with Gasteiger partial charge in [0, 0.05) is 6.04 Å². The SMILES string of the molecule is CC1(C)CC1C(Cc1cccc(Cl)c1Cl)NN. The smallest absolute Gasteiger partial charge is 0.0624 e. The highest BCUT2D eigenvalue weighted by atomic mass is 35.5. The molecule has 0 bridgehead atoms. The lowest BCUT2D eigenvalue weighted by Gasteiger charge is -2.18. The second-order valence-corrected chi connectivity index (χ2v) is 6.27. The highest BCUT2D eigenvalue weighted by Crippen LogP contribution is 2.54. The molecule has 0 amide bonds. The molecule has 0 aromatic heterocycles. The third-order valence-corrected chi connectivity index (χ3v) is 4.62. The van der Waals surface area contributed by atoms with Crippen LogP contribution in [0.1, 0.15) is 25.8 Å². The standard InChI is InChI=1S/C13H18Cl2N2/c1-13(2)7-9(13)11(17-16)6-8-4-3-5-10(14)12(8)15/h3-5,9,11,17H,6-7,16H2,1-2H3. The highest BCUT2D eigenvalue weighted by Gasteiger charge is 2.49. The number of hydrogen-bond donors (Lipinski definition) is 2. The molecule has 1 aliphatic carbocycles. The first-order chi connectivity index (χ1) is 7.95. The van der Waals surface area contributed by atoms with Gasteiger partial charge in [-0.15, -0.1) is 0 Å². The third-order valence-electron chi connectivity index (χ3n) is 3.76. The van der Waals surface area contributed by atoms with E-state index in [1.165, 1.54) is 6.42 Å². The molecule has 0 aliphatic heterocycles. The van der Waals surface area contributed by atoms with Crippen molar-refractivity contribution in [2.45, 2.75) is 32.7 Å². The van der Waals surface area contributed by atoms with E-state index in [1.54, 1.807) is 6.07 Å². The van der Waals surface area contributed by atoms with Crippen molar-refractivity contribution in [3.05, 3.63) is 33.8 Å². The van der Waals surface area contributed by atoms with E-state index in [9.17, 15) is 0 Å². The van der Waals surface area contributed by atoms with Gasteiger partial charge in [-0.1, -0.05) is 49.2 Å². The number of rotatable bonds is 4. The largest absolute Gasteiger partial charge is 0.271 e. The Hall–Kier alpha value is -0.280. The van der Waals surface area contributed by atoms with Gasteiger partial charge in [-0.2, -0.15) is 0 Å². The molecule has 0 radical (unpaired) electrons. The molecule has 94 valence electrons. The molecular weight excluding hydrogens is 255 g/mol. The lowest BCUT2D eigenvalue weighted by Crippen LogP contribution is -2.39. The van der Waals surface area contributed by atoms with Gasteiger partial charge in [0.2, 0.25) is 0 Å². The van der Waals surface area contributed by atoms with Crippen molar-refractivity contribution in [2.24, 2.45) is 17.2 Å². The Labute approximate surface area is 112 Å². The second kappa shape index (κ2) is 4.77. The van der Waals surface area contributed by atoms with Crippen LogP contribution in [0.4, 0.5) is 0 Å². The van der Waals surface area contributed by atoms with Gasteiger partial charge in [0.1, 0.15) is 0 Å². The van der Waals surface area contributed by atoms with Crippen LogP contribution in [0, 0.1) is 11.3 Å². The van der Waals surface area contributed by atoms with Crippen molar-refractivity contribution in [2.75, 3.05) is 0 Å². The van der Waals surface area contributed by atoms with Crippen LogP contribution >= 0.6 is 23.2 Å². The van der Waals surface area contributed by atoms with Gasteiger partial charge in [-0.3, -0.25) is 11.3 Å². The van der Waals surface area contributed by atoms with Gasteiger partial charge >= 0.3 is 0 Å². The first-order valence-corrected chi connectivity index (χ1v) is 6.60. The fourth-order valence-corrected chi connectivity index (χ4v) is 2.85. The summed E-state index contributed by atoms with van der Waals surface area (Å²) in [6, 6.07) is 6.00. The van der Waals surface area contributed by atoms with E-state index < -0.39 is 0 Å². The molecule has 1 fully saturated rings. The van der Waals surface area contributed by atoms with E-state index in [2.05, 4.69) is 19.3 Å². The maximum absolute atomic E-state index is 6.19. The van der Waals surface area contributed by atoms with E-state index in [4.69, 9.17) is 29.0 Å². The molecule has 2 nitrogen and oxygen atoms in total. The van der Waals surface area contributed by atoms with E-state index in [-0.39, 0.29) is 6.04 Å². The van der Waals surface area contributed by atoms with Crippen molar-refractivity contribution in [3.63, 3.8) is 0 Å². The molecule has 2 atom stereocenters. The lowest BCUT2D eigenvalue weighted by molar-refractivity contribution is 0.409. The van der Waals surface area contributed by atoms with Crippen LogP contribution in [0.15, 0.2) is 18.2 Å². The van der Waals surface area contributed by atoms with Crippen molar-refractivity contribution in [3.8, 4) is 0 Å². The zero-order valence-corrected chi connectivity index (χ0v) is 11.6. The normalized spacial score (nSPS) is 23.5. The summed E-state index contributed by atoms with van der Waals surface area (Å²) in [7, 11) is 0. The summed E-state index contributed by atoms with van der Waals surface area (Å²) in [5, 5.41) is 1.25. The highest BCUT2D eigenvalue weighted by molar-refractivity contribution is 6.42. The van der Waals surface area contributed by atoms with E-state index in [0.29, 0.717) is 21.4 Å². The summed E-state index contributed by atoms with van der Waals surface area (Å²) < 4.78 is 0. The Bertz CT molecular complexity index is 418. The average Bonchev–Trinajstić information content (AvgIpc) is 2.90. The summed E-state index contributed by atoms with van der Waals surface area (Å²) in [5.74, 6) is 6.26. The van der Waals surface area contributed by atoms with Gasteiger partial charge in [0.15, 0.2) is 0 Å². The molecule has 0 heterocycles. The summed E-state index contributed by atoms with van der Waals surface area (Å²) >= 11 is 12.2. The molecule has 0 spiro atoms. The van der Waals surface area contributed by atoms with E-state index in [0.717, 1.165) is 12.0 Å². The topological polar surface area (TPSA) is 38.0 Å². The molecule has 4 heteroatoms. The zero-order valence-electron chi connectivity index (χ0n) is 10.1.